The number of benzene rings is 2. The fourth-order valence-electron chi connectivity index (χ4n) is 4.16. The van der Waals surface area contributed by atoms with Crippen LogP contribution in [0.1, 0.15) is 11.1 Å². The molecule has 174 valence electrons. The minimum Gasteiger partial charge on any atom is -0.493 e. The number of carbonyl (C=O) groups is 2. The number of fused-ring (bicyclic) bond motifs is 1. The first-order chi connectivity index (χ1) is 16.1. The lowest BCUT2D eigenvalue weighted by molar-refractivity contribution is -0.132. The molecular formula is C25H30N4O4. The van der Waals surface area contributed by atoms with E-state index in [9.17, 15) is 9.59 Å². The number of methoxy groups -OCH3 is 2. The van der Waals surface area contributed by atoms with Gasteiger partial charge in [0.2, 0.25) is 11.8 Å². The molecule has 1 fully saturated rings. The number of aromatic amines is 1. The van der Waals surface area contributed by atoms with E-state index in [2.05, 4.69) is 15.2 Å². The molecule has 33 heavy (non-hydrogen) atoms. The van der Waals surface area contributed by atoms with Crippen LogP contribution >= 0.6 is 0 Å². The summed E-state index contributed by atoms with van der Waals surface area (Å²) >= 11 is 0. The molecule has 1 aliphatic rings. The van der Waals surface area contributed by atoms with Gasteiger partial charge in [-0.15, -0.1) is 0 Å². The lowest BCUT2D eigenvalue weighted by Crippen LogP contribution is -2.51. The largest absolute Gasteiger partial charge is 0.493 e. The van der Waals surface area contributed by atoms with Crippen LogP contribution in [0.2, 0.25) is 0 Å². The van der Waals surface area contributed by atoms with Gasteiger partial charge in [0.15, 0.2) is 11.5 Å². The fraction of sp³-hybridized carbons (Fsp3) is 0.360. The quantitative estimate of drug-likeness (QED) is 0.550. The first-order valence-electron chi connectivity index (χ1n) is 11.1. The summed E-state index contributed by atoms with van der Waals surface area (Å²) < 4.78 is 10.6. The van der Waals surface area contributed by atoms with Crippen LogP contribution in [0.25, 0.3) is 10.9 Å². The summed E-state index contributed by atoms with van der Waals surface area (Å²) in [5.41, 5.74) is 3.01. The molecule has 3 aromatic rings. The molecule has 1 aliphatic heterocycles. The van der Waals surface area contributed by atoms with E-state index < -0.39 is 0 Å². The van der Waals surface area contributed by atoms with E-state index in [0.717, 1.165) is 22.0 Å². The molecule has 0 atom stereocenters. The van der Waals surface area contributed by atoms with Crippen LogP contribution in [0.15, 0.2) is 48.7 Å². The summed E-state index contributed by atoms with van der Waals surface area (Å²) in [6.45, 7) is 3.36. The number of carbonyl (C=O) groups excluding carboxylic acids is 2. The van der Waals surface area contributed by atoms with E-state index in [1.165, 1.54) is 0 Å². The second-order valence-electron chi connectivity index (χ2n) is 8.16. The van der Waals surface area contributed by atoms with Crippen molar-refractivity contribution in [3.63, 3.8) is 0 Å². The zero-order valence-electron chi connectivity index (χ0n) is 19.1. The van der Waals surface area contributed by atoms with Gasteiger partial charge in [0.1, 0.15) is 0 Å². The molecule has 1 aromatic heterocycles. The zero-order valence-corrected chi connectivity index (χ0v) is 19.1. The molecule has 1 saturated heterocycles. The van der Waals surface area contributed by atoms with Gasteiger partial charge in [0, 0.05) is 49.8 Å². The van der Waals surface area contributed by atoms with Gasteiger partial charge in [-0.2, -0.15) is 0 Å². The maximum atomic E-state index is 12.8. The van der Waals surface area contributed by atoms with Gasteiger partial charge in [0.05, 0.1) is 27.2 Å². The van der Waals surface area contributed by atoms with E-state index in [0.29, 0.717) is 57.2 Å². The molecule has 0 bridgehead atoms. The van der Waals surface area contributed by atoms with Crippen molar-refractivity contribution in [1.82, 2.24) is 20.1 Å². The van der Waals surface area contributed by atoms with Gasteiger partial charge >= 0.3 is 0 Å². The van der Waals surface area contributed by atoms with E-state index in [4.69, 9.17) is 9.47 Å². The molecule has 2 amide bonds. The predicted octanol–water partition coefficient (Wildman–Crippen LogP) is 2.19. The second-order valence-corrected chi connectivity index (χ2v) is 8.16. The standard InChI is InChI=1S/C25H30N4O4/c1-32-22-8-7-18(13-23(22)33-2)15-27-24(30)17-28-9-11-29(12-10-28)25(31)14-19-16-26-21-6-4-3-5-20(19)21/h3-8,13,16,26H,9-12,14-15,17H2,1-2H3,(H,27,30). The van der Waals surface area contributed by atoms with Crippen LogP contribution in [0.4, 0.5) is 0 Å². The highest BCUT2D eigenvalue weighted by atomic mass is 16.5. The Hall–Kier alpha value is -3.52. The van der Waals surface area contributed by atoms with Crippen LogP contribution in [0.5, 0.6) is 11.5 Å². The van der Waals surface area contributed by atoms with Crippen molar-refractivity contribution in [1.29, 1.82) is 0 Å². The van der Waals surface area contributed by atoms with Gasteiger partial charge in [-0.25, -0.2) is 0 Å². The molecule has 4 rings (SSSR count). The summed E-state index contributed by atoms with van der Waals surface area (Å²) in [7, 11) is 3.18. The third-order valence-corrected chi connectivity index (χ3v) is 6.05. The third-order valence-electron chi connectivity index (χ3n) is 6.05. The van der Waals surface area contributed by atoms with Crippen molar-refractivity contribution >= 4 is 22.7 Å². The highest BCUT2D eigenvalue weighted by Gasteiger charge is 2.23. The molecule has 2 N–H and O–H groups in total. The Bertz CT molecular complexity index is 1120. The van der Waals surface area contributed by atoms with E-state index in [1.807, 2.05) is 53.6 Å². The molecule has 0 radical (unpaired) electrons. The van der Waals surface area contributed by atoms with Gasteiger partial charge < -0.3 is 24.7 Å². The SMILES string of the molecule is COc1ccc(CNC(=O)CN2CCN(C(=O)Cc3c[nH]c4ccccc34)CC2)cc1OC. The number of hydrogen-bond acceptors (Lipinski definition) is 5. The molecule has 0 saturated carbocycles. The first kappa shape index (κ1) is 22.7. The predicted molar refractivity (Wildman–Crippen MR) is 126 cm³/mol. The van der Waals surface area contributed by atoms with Crippen LogP contribution in [0.3, 0.4) is 0 Å². The number of nitrogens with one attached hydrogen (secondary N) is 2. The minimum absolute atomic E-state index is 0.0386. The number of nitrogens with zero attached hydrogens (tertiary/aromatic N) is 2. The normalized spacial score (nSPS) is 14.3. The average Bonchev–Trinajstić information content (AvgIpc) is 3.25. The van der Waals surface area contributed by atoms with E-state index in [1.54, 1.807) is 14.2 Å². The number of aromatic nitrogens is 1. The molecule has 8 nitrogen and oxygen atoms in total. The Morgan fingerprint density at radius 3 is 2.52 bits per heavy atom. The highest BCUT2D eigenvalue weighted by Crippen LogP contribution is 2.27. The van der Waals surface area contributed by atoms with Gasteiger partial charge in [0.25, 0.3) is 0 Å². The summed E-state index contributed by atoms with van der Waals surface area (Å²) in [4.78, 5) is 32.4. The Kier molecular flexibility index (Phi) is 7.14. The summed E-state index contributed by atoms with van der Waals surface area (Å²) in [5.74, 6) is 1.38. The maximum absolute atomic E-state index is 12.8. The summed E-state index contributed by atoms with van der Waals surface area (Å²) in [6.07, 6.45) is 2.30. The Balaban J connectivity index is 1.22. The number of ether oxygens (including phenoxy) is 2. The smallest absolute Gasteiger partial charge is 0.234 e. The number of piperazine rings is 1. The third kappa shape index (κ3) is 5.46. The summed E-state index contributed by atoms with van der Waals surface area (Å²) in [5, 5.41) is 4.05. The van der Waals surface area contributed by atoms with Crippen molar-refractivity contribution < 1.29 is 19.1 Å². The van der Waals surface area contributed by atoms with Crippen LogP contribution in [0, 0.1) is 0 Å². The Morgan fingerprint density at radius 2 is 1.76 bits per heavy atom. The van der Waals surface area contributed by atoms with Crippen molar-refractivity contribution in [2.75, 3.05) is 46.9 Å². The zero-order chi connectivity index (χ0) is 23.2. The van der Waals surface area contributed by atoms with Crippen molar-refractivity contribution in [2.45, 2.75) is 13.0 Å². The average molecular weight is 451 g/mol. The van der Waals surface area contributed by atoms with Crippen molar-refractivity contribution in [3.05, 3.63) is 59.8 Å². The van der Waals surface area contributed by atoms with Crippen LogP contribution in [-0.2, 0) is 22.6 Å². The molecule has 8 heteroatoms. The monoisotopic (exact) mass is 450 g/mol. The summed E-state index contributed by atoms with van der Waals surface area (Å²) in [6, 6.07) is 13.6. The molecule has 2 aromatic carbocycles. The van der Waals surface area contributed by atoms with Gasteiger partial charge in [-0.3, -0.25) is 14.5 Å². The van der Waals surface area contributed by atoms with Crippen molar-refractivity contribution in [3.8, 4) is 11.5 Å². The fourth-order valence-corrected chi connectivity index (χ4v) is 4.16. The van der Waals surface area contributed by atoms with Crippen LogP contribution < -0.4 is 14.8 Å². The van der Waals surface area contributed by atoms with Crippen LogP contribution in [-0.4, -0.2) is 73.5 Å². The Labute approximate surface area is 193 Å². The maximum Gasteiger partial charge on any atom is 0.234 e. The molecule has 0 spiro atoms. The van der Waals surface area contributed by atoms with Gasteiger partial charge in [-0.1, -0.05) is 24.3 Å². The number of H-pyrrole nitrogens is 1. The number of hydrogen-bond donors (Lipinski definition) is 2. The molecule has 2 heterocycles. The highest BCUT2D eigenvalue weighted by molar-refractivity contribution is 5.89. The minimum atomic E-state index is -0.0386. The Morgan fingerprint density at radius 1 is 1.00 bits per heavy atom. The van der Waals surface area contributed by atoms with Gasteiger partial charge in [-0.05, 0) is 29.3 Å². The van der Waals surface area contributed by atoms with Crippen molar-refractivity contribution in [2.24, 2.45) is 0 Å². The number of para-hydroxylation sites is 1. The molecule has 0 unspecified atom stereocenters. The molecule has 0 aliphatic carbocycles. The number of rotatable bonds is 8. The second kappa shape index (κ2) is 10.4. The van der Waals surface area contributed by atoms with E-state index >= 15 is 0 Å². The number of amides is 2. The lowest BCUT2D eigenvalue weighted by Gasteiger charge is -2.34. The lowest BCUT2D eigenvalue weighted by atomic mass is 10.1. The molecular weight excluding hydrogens is 420 g/mol. The van der Waals surface area contributed by atoms with E-state index in [-0.39, 0.29) is 11.8 Å². The first-order valence-corrected chi connectivity index (χ1v) is 11.1. The topological polar surface area (TPSA) is 86.9 Å².